The number of hydrogen-bond donors (Lipinski definition) is 0. The molecule has 1 heterocycles. The summed E-state index contributed by atoms with van der Waals surface area (Å²) in [5, 5.41) is 0. The molecule has 0 saturated carbocycles. The van der Waals surface area contributed by atoms with Gasteiger partial charge in [-0.15, -0.1) is 0 Å². The predicted octanol–water partition coefficient (Wildman–Crippen LogP) is 3.23. The molecule has 1 saturated heterocycles. The van der Waals surface area contributed by atoms with E-state index in [1.165, 1.54) is 32.5 Å². The topological polar surface area (TPSA) is 6.48 Å². The monoisotopic (exact) mass is 240 g/mol. The average molecular weight is 240 g/mol. The molecule has 2 atom stereocenters. The minimum atomic E-state index is 0.671. The minimum Gasteiger partial charge on any atom is -0.301 e. The van der Waals surface area contributed by atoms with Crippen molar-refractivity contribution in [1.29, 1.82) is 0 Å². The Hall–Kier alpha value is -0.0800. The Labute approximate surface area is 108 Å². The van der Waals surface area contributed by atoms with Crippen LogP contribution in [0.4, 0.5) is 0 Å². The highest BCUT2D eigenvalue weighted by atomic mass is 15.2. The Morgan fingerprint density at radius 3 is 2.29 bits per heavy atom. The van der Waals surface area contributed by atoms with Crippen LogP contribution < -0.4 is 0 Å². The fourth-order valence-electron chi connectivity index (χ4n) is 3.30. The molecule has 2 heteroatoms. The Morgan fingerprint density at radius 1 is 1.18 bits per heavy atom. The summed E-state index contributed by atoms with van der Waals surface area (Å²) in [6.07, 6.45) is 2.79. The lowest BCUT2D eigenvalue weighted by Crippen LogP contribution is -2.49. The average Bonchev–Trinajstić information content (AvgIpc) is 2.29. The van der Waals surface area contributed by atoms with E-state index in [1.54, 1.807) is 0 Å². The van der Waals surface area contributed by atoms with Gasteiger partial charge in [0.1, 0.15) is 0 Å². The SMILES string of the molecule is CCN(C(C)C)C(C)C1CCCN(C(C)C)C1. The molecule has 0 aromatic carbocycles. The molecule has 0 aromatic rings. The van der Waals surface area contributed by atoms with Crippen molar-refractivity contribution < 1.29 is 0 Å². The Kier molecular flexibility index (Phi) is 5.94. The van der Waals surface area contributed by atoms with E-state index in [4.69, 9.17) is 0 Å². The van der Waals surface area contributed by atoms with Crippen molar-refractivity contribution >= 4 is 0 Å². The van der Waals surface area contributed by atoms with Gasteiger partial charge in [0.2, 0.25) is 0 Å². The molecule has 0 radical (unpaired) electrons. The second kappa shape index (κ2) is 6.75. The van der Waals surface area contributed by atoms with Crippen LogP contribution in [0.3, 0.4) is 0 Å². The minimum absolute atomic E-state index is 0.671. The van der Waals surface area contributed by atoms with Gasteiger partial charge in [-0.1, -0.05) is 6.92 Å². The number of rotatable bonds is 5. The molecule has 2 unspecified atom stereocenters. The van der Waals surface area contributed by atoms with E-state index >= 15 is 0 Å². The maximum atomic E-state index is 2.65. The molecule has 102 valence electrons. The maximum Gasteiger partial charge on any atom is 0.0110 e. The van der Waals surface area contributed by atoms with Crippen LogP contribution in [0.15, 0.2) is 0 Å². The first-order valence-corrected chi connectivity index (χ1v) is 7.47. The standard InChI is InChI=1S/C15H32N2/c1-7-17(13(4)5)14(6)15-9-8-10-16(11-15)12(2)3/h12-15H,7-11H2,1-6H3. The summed E-state index contributed by atoms with van der Waals surface area (Å²) >= 11 is 0. The highest BCUT2D eigenvalue weighted by Gasteiger charge is 2.29. The molecule has 1 aliphatic rings. The molecular formula is C15H32N2. The van der Waals surface area contributed by atoms with Crippen LogP contribution in [0.5, 0.6) is 0 Å². The lowest BCUT2D eigenvalue weighted by Gasteiger charge is -2.43. The van der Waals surface area contributed by atoms with Gasteiger partial charge < -0.3 is 4.90 Å². The van der Waals surface area contributed by atoms with Crippen LogP contribution in [0, 0.1) is 5.92 Å². The number of likely N-dealkylation sites (tertiary alicyclic amines) is 1. The maximum absolute atomic E-state index is 2.65. The van der Waals surface area contributed by atoms with Crippen molar-refractivity contribution in [2.45, 2.75) is 72.5 Å². The molecule has 1 aliphatic heterocycles. The van der Waals surface area contributed by atoms with Crippen molar-refractivity contribution in [3.8, 4) is 0 Å². The lowest BCUT2D eigenvalue weighted by atomic mass is 9.89. The van der Waals surface area contributed by atoms with Crippen LogP contribution in [0.25, 0.3) is 0 Å². The fourth-order valence-corrected chi connectivity index (χ4v) is 3.30. The lowest BCUT2D eigenvalue weighted by molar-refractivity contribution is 0.0597. The van der Waals surface area contributed by atoms with Crippen molar-refractivity contribution in [1.82, 2.24) is 9.80 Å². The molecule has 0 bridgehead atoms. The van der Waals surface area contributed by atoms with E-state index in [1.807, 2.05) is 0 Å². The van der Waals surface area contributed by atoms with E-state index in [0.717, 1.165) is 12.0 Å². The Bertz CT molecular complexity index is 213. The highest BCUT2D eigenvalue weighted by molar-refractivity contribution is 4.84. The third-order valence-corrected chi connectivity index (χ3v) is 4.45. The van der Waals surface area contributed by atoms with E-state index < -0.39 is 0 Å². The van der Waals surface area contributed by atoms with Gasteiger partial charge in [0, 0.05) is 24.7 Å². The summed E-state index contributed by atoms with van der Waals surface area (Å²) in [4.78, 5) is 5.30. The van der Waals surface area contributed by atoms with Gasteiger partial charge >= 0.3 is 0 Å². The second-order valence-electron chi connectivity index (χ2n) is 6.16. The molecule has 1 fully saturated rings. The third-order valence-electron chi connectivity index (χ3n) is 4.45. The molecule has 1 rings (SSSR count). The Balaban J connectivity index is 2.58. The summed E-state index contributed by atoms with van der Waals surface area (Å²) in [5.74, 6) is 0.855. The number of nitrogens with zero attached hydrogens (tertiary/aromatic N) is 2. The molecule has 17 heavy (non-hydrogen) atoms. The Morgan fingerprint density at radius 2 is 1.82 bits per heavy atom. The van der Waals surface area contributed by atoms with E-state index in [9.17, 15) is 0 Å². The normalized spacial score (nSPS) is 24.9. The summed E-state index contributed by atoms with van der Waals surface area (Å²) in [7, 11) is 0. The van der Waals surface area contributed by atoms with Gasteiger partial charge in [0.15, 0.2) is 0 Å². The van der Waals surface area contributed by atoms with Crippen molar-refractivity contribution in [3.05, 3.63) is 0 Å². The zero-order chi connectivity index (χ0) is 13.0. The first-order valence-electron chi connectivity index (χ1n) is 7.47. The number of piperidine rings is 1. The largest absolute Gasteiger partial charge is 0.301 e. The first kappa shape index (κ1) is 15.0. The van der Waals surface area contributed by atoms with Gasteiger partial charge in [-0.2, -0.15) is 0 Å². The fraction of sp³-hybridized carbons (Fsp3) is 1.00. The van der Waals surface area contributed by atoms with Gasteiger partial charge in [-0.25, -0.2) is 0 Å². The predicted molar refractivity (Wildman–Crippen MR) is 76.4 cm³/mol. The van der Waals surface area contributed by atoms with E-state index in [-0.39, 0.29) is 0 Å². The quantitative estimate of drug-likeness (QED) is 0.728. The second-order valence-corrected chi connectivity index (χ2v) is 6.16. The smallest absolute Gasteiger partial charge is 0.0110 e. The van der Waals surface area contributed by atoms with E-state index in [2.05, 4.69) is 51.3 Å². The molecule has 0 aliphatic carbocycles. The molecule has 0 amide bonds. The summed E-state index contributed by atoms with van der Waals surface area (Å²) in [6.45, 7) is 17.8. The summed E-state index contributed by atoms with van der Waals surface area (Å²) in [5.41, 5.74) is 0. The van der Waals surface area contributed by atoms with Crippen LogP contribution in [0.1, 0.15) is 54.4 Å². The van der Waals surface area contributed by atoms with Gasteiger partial charge in [0.05, 0.1) is 0 Å². The first-order chi connectivity index (χ1) is 7.97. The van der Waals surface area contributed by atoms with Crippen molar-refractivity contribution in [3.63, 3.8) is 0 Å². The summed E-state index contributed by atoms with van der Waals surface area (Å²) in [6, 6.07) is 2.10. The molecule has 2 nitrogen and oxygen atoms in total. The molecule has 0 N–H and O–H groups in total. The van der Waals surface area contributed by atoms with Crippen molar-refractivity contribution in [2.75, 3.05) is 19.6 Å². The zero-order valence-corrected chi connectivity index (χ0v) is 12.7. The van der Waals surface area contributed by atoms with Crippen LogP contribution >= 0.6 is 0 Å². The highest BCUT2D eigenvalue weighted by Crippen LogP contribution is 2.25. The van der Waals surface area contributed by atoms with Crippen LogP contribution in [-0.2, 0) is 0 Å². The van der Waals surface area contributed by atoms with Crippen LogP contribution in [0.2, 0.25) is 0 Å². The molecule has 0 spiro atoms. The molecule has 0 aromatic heterocycles. The van der Waals surface area contributed by atoms with Gasteiger partial charge in [-0.3, -0.25) is 4.90 Å². The summed E-state index contributed by atoms with van der Waals surface area (Å²) < 4.78 is 0. The van der Waals surface area contributed by atoms with Gasteiger partial charge in [-0.05, 0) is 66.5 Å². The zero-order valence-electron chi connectivity index (χ0n) is 12.7. The van der Waals surface area contributed by atoms with Crippen LogP contribution in [-0.4, -0.2) is 47.6 Å². The van der Waals surface area contributed by atoms with E-state index in [0.29, 0.717) is 12.1 Å². The van der Waals surface area contributed by atoms with Gasteiger partial charge in [0.25, 0.3) is 0 Å². The molecular weight excluding hydrogens is 208 g/mol. The third kappa shape index (κ3) is 3.96. The van der Waals surface area contributed by atoms with Crippen molar-refractivity contribution in [2.24, 2.45) is 5.92 Å². The number of hydrogen-bond acceptors (Lipinski definition) is 2.